The maximum absolute atomic E-state index is 6.23. The molecule has 1 aliphatic heterocycles. The fraction of sp³-hybridized carbons (Fsp3) is 0.278. The van der Waals surface area contributed by atoms with Crippen LogP contribution in [0.1, 0.15) is 0 Å². The molecule has 7 nitrogen and oxygen atoms in total. The van der Waals surface area contributed by atoms with Gasteiger partial charge in [0.2, 0.25) is 5.95 Å². The Morgan fingerprint density at radius 2 is 1.81 bits per heavy atom. The van der Waals surface area contributed by atoms with Gasteiger partial charge in [-0.3, -0.25) is 0 Å². The average Bonchev–Trinajstić information content (AvgIpc) is 3.11. The Morgan fingerprint density at radius 3 is 2.58 bits per heavy atom. The monoisotopic (exact) mass is 369 g/mol. The van der Waals surface area contributed by atoms with Gasteiger partial charge < -0.3 is 15.1 Å². The fourth-order valence-corrected chi connectivity index (χ4v) is 3.11. The fourth-order valence-electron chi connectivity index (χ4n) is 2.91. The van der Waals surface area contributed by atoms with Gasteiger partial charge in [-0.1, -0.05) is 29.8 Å². The molecule has 1 aromatic carbocycles. The van der Waals surface area contributed by atoms with Gasteiger partial charge in [0.15, 0.2) is 0 Å². The molecule has 3 aromatic rings. The predicted octanol–water partition coefficient (Wildman–Crippen LogP) is 2.81. The molecule has 26 heavy (non-hydrogen) atoms. The molecule has 1 fully saturated rings. The first-order valence-corrected chi connectivity index (χ1v) is 8.90. The molecular formula is C18H20ClN7. The quantitative estimate of drug-likeness (QED) is 0.713. The van der Waals surface area contributed by atoms with Crippen molar-refractivity contribution >= 4 is 29.1 Å². The normalized spacial score (nSPS) is 15.2. The lowest BCUT2D eigenvalue weighted by Crippen LogP contribution is -2.44. The number of aromatic nitrogens is 4. The van der Waals surface area contributed by atoms with Crippen molar-refractivity contribution in [1.29, 1.82) is 0 Å². The van der Waals surface area contributed by atoms with Crippen LogP contribution in [0.4, 0.5) is 17.5 Å². The third-order valence-corrected chi connectivity index (χ3v) is 4.57. The molecule has 0 atom stereocenters. The Bertz CT molecular complexity index is 872. The van der Waals surface area contributed by atoms with Crippen LogP contribution in [0.25, 0.3) is 5.69 Å². The Hall–Kier alpha value is -2.64. The number of nitrogens with one attached hydrogen (secondary N) is 1. The van der Waals surface area contributed by atoms with Crippen molar-refractivity contribution in [2.24, 2.45) is 0 Å². The van der Waals surface area contributed by atoms with E-state index in [0.29, 0.717) is 11.1 Å². The van der Waals surface area contributed by atoms with E-state index in [2.05, 4.69) is 37.2 Å². The third kappa shape index (κ3) is 3.79. The van der Waals surface area contributed by atoms with Gasteiger partial charge in [-0.15, -0.1) is 5.10 Å². The zero-order valence-electron chi connectivity index (χ0n) is 14.5. The molecule has 4 rings (SSSR count). The van der Waals surface area contributed by atoms with E-state index in [9.17, 15) is 0 Å². The highest BCUT2D eigenvalue weighted by molar-refractivity contribution is 6.29. The number of hydrogen-bond acceptors (Lipinski definition) is 6. The van der Waals surface area contributed by atoms with Crippen molar-refractivity contribution < 1.29 is 0 Å². The Labute approximate surface area is 157 Å². The number of rotatable bonds is 4. The summed E-state index contributed by atoms with van der Waals surface area (Å²) >= 11 is 6.23. The zero-order valence-corrected chi connectivity index (χ0v) is 15.3. The first-order chi connectivity index (χ1) is 12.7. The molecule has 8 heteroatoms. The lowest BCUT2D eigenvalue weighted by Gasteiger charge is -2.33. The molecule has 0 aliphatic carbocycles. The van der Waals surface area contributed by atoms with Crippen LogP contribution in [-0.4, -0.2) is 57.9 Å². The van der Waals surface area contributed by atoms with Crippen LogP contribution in [0.3, 0.4) is 0 Å². The number of benzene rings is 1. The van der Waals surface area contributed by atoms with Gasteiger partial charge in [-0.25, -0.2) is 9.67 Å². The van der Waals surface area contributed by atoms with Crippen LogP contribution in [0.2, 0.25) is 5.15 Å². The maximum Gasteiger partial charge on any atom is 0.246 e. The van der Waals surface area contributed by atoms with E-state index in [4.69, 9.17) is 11.6 Å². The van der Waals surface area contributed by atoms with Gasteiger partial charge in [-0.05, 0) is 25.2 Å². The lowest BCUT2D eigenvalue weighted by atomic mass is 10.3. The molecule has 3 heterocycles. The Balaban J connectivity index is 1.52. The first-order valence-electron chi connectivity index (χ1n) is 8.52. The molecular weight excluding hydrogens is 350 g/mol. The summed E-state index contributed by atoms with van der Waals surface area (Å²) in [6.07, 6.45) is 1.68. The summed E-state index contributed by atoms with van der Waals surface area (Å²) in [6, 6.07) is 13.6. The number of para-hydroxylation sites is 1. The van der Waals surface area contributed by atoms with Crippen molar-refractivity contribution in [2.45, 2.75) is 0 Å². The van der Waals surface area contributed by atoms with E-state index in [0.717, 1.165) is 43.4 Å². The highest BCUT2D eigenvalue weighted by Crippen LogP contribution is 2.24. The highest BCUT2D eigenvalue weighted by atomic mass is 35.5. The van der Waals surface area contributed by atoms with Gasteiger partial charge in [0.1, 0.15) is 17.3 Å². The molecule has 0 unspecified atom stereocenters. The van der Waals surface area contributed by atoms with Crippen molar-refractivity contribution in [3.8, 4) is 5.69 Å². The van der Waals surface area contributed by atoms with Crippen molar-refractivity contribution in [3.63, 3.8) is 0 Å². The molecule has 134 valence electrons. The highest BCUT2D eigenvalue weighted by Gasteiger charge is 2.16. The summed E-state index contributed by atoms with van der Waals surface area (Å²) in [5, 5.41) is 8.14. The second-order valence-corrected chi connectivity index (χ2v) is 6.69. The number of pyridine rings is 1. The molecule has 0 bridgehead atoms. The minimum atomic E-state index is 0.450. The van der Waals surface area contributed by atoms with Crippen LogP contribution >= 0.6 is 11.6 Å². The number of piperazine rings is 1. The number of nitrogens with zero attached hydrogens (tertiary/aromatic N) is 6. The van der Waals surface area contributed by atoms with Gasteiger partial charge in [0.05, 0.1) is 5.69 Å². The smallest absolute Gasteiger partial charge is 0.246 e. The van der Waals surface area contributed by atoms with Crippen LogP contribution in [0.5, 0.6) is 0 Å². The molecule has 1 N–H and O–H groups in total. The Morgan fingerprint density at radius 1 is 1.04 bits per heavy atom. The summed E-state index contributed by atoms with van der Waals surface area (Å²) in [5.74, 6) is 1.39. The lowest BCUT2D eigenvalue weighted by molar-refractivity contribution is 0.312. The molecule has 1 aliphatic rings. The summed E-state index contributed by atoms with van der Waals surface area (Å²) in [7, 11) is 2.13. The molecule has 2 aromatic heterocycles. The second-order valence-electron chi connectivity index (χ2n) is 6.30. The minimum Gasteiger partial charge on any atom is -0.354 e. The van der Waals surface area contributed by atoms with Crippen molar-refractivity contribution in [1.82, 2.24) is 24.6 Å². The van der Waals surface area contributed by atoms with Crippen LogP contribution in [0.15, 0.2) is 48.8 Å². The van der Waals surface area contributed by atoms with Crippen LogP contribution < -0.4 is 10.2 Å². The number of likely N-dealkylation sites (N-methyl/N-ethyl adjacent to an activating group) is 1. The molecule has 0 saturated carbocycles. The van der Waals surface area contributed by atoms with Gasteiger partial charge in [0.25, 0.3) is 0 Å². The van der Waals surface area contributed by atoms with E-state index < -0.39 is 0 Å². The van der Waals surface area contributed by atoms with E-state index >= 15 is 0 Å². The SMILES string of the molecule is CN1CCN(c2cc(Nc3ncn(-c4ccccc4)n3)cc(Cl)n2)CC1. The van der Waals surface area contributed by atoms with E-state index in [1.54, 1.807) is 17.1 Å². The zero-order chi connectivity index (χ0) is 17.9. The van der Waals surface area contributed by atoms with Crippen LogP contribution in [-0.2, 0) is 0 Å². The minimum absolute atomic E-state index is 0.450. The number of hydrogen-bond donors (Lipinski definition) is 1. The van der Waals surface area contributed by atoms with Crippen molar-refractivity contribution in [3.05, 3.63) is 53.9 Å². The summed E-state index contributed by atoms with van der Waals surface area (Å²) in [5.41, 5.74) is 1.78. The Kier molecular flexibility index (Phi) is 4.73. The summed E-state index contributed by atoms with van der Waals surface area (Å²) in [4.78, 5) is 13.3. The number of halogens is 1. The van der Waals surface area contributed by atoms with E-state index in [1.807, 2.05) is 36.4 Å². The third-order valence-electron chi connectivity index (χ3n) is 4.38. The first kappa shape index (κ1) is 16.8. The average molecular weight is 370 g/mol. The van der Waals surface area contributed by atoms with Gasteiger partial charge >= 0.3 is 0 Å². The largest absolute Gasteiger partial charge is 0.354 e. The summed E-state index contributed by atoms with van der Waals surface area (Å²) < 4.78 is 1.73. The molecule has 1 saturated heterocycles. The van der Waals surface area contributed by atoms with E-state index in [-0.39, 0.29) is 0 Å². The van der Waals surface area contributed by atoms with Crippen molar-refractivity contribution in [2.75, 3.05) is 43.4 Å². The second kappa shape index (κ2) is 7.31. The standard InChI is InChI=1S/C18H20ClN7/c1-24-7-9-25(10-8-24)17-12-14(11-16(19)22-17)21-18-20-13-26(23-18)15-5-3-2-4-6-15/h2-6,11-13H,7-10H2,1H3,(H,21,22,23). The predicted molar refractivity (Wildman–Crippen MR) is 104 cm³/mol. The van der Waals surface area contributed by atoms with E-state index in [1.165, 1.54) is 0 Å². The van der Waals surface area contributed by atoms with Gasteiger partial charge in [-0.2, -0.15) is 4.98 Å². The topological polar surface area (TPSA) is 62.1 Å². The van der Waals surface area contributed by atoms with Crippen LogP contribution in [0, 0.1) is 0 Å². The molecule has 0 spiro atoms. The molecule has 0 amide bonds. The summed E-state index contributed by atoms with van der Waals surface area (Å²) in [6.45, 7) is 3.90. The maximum atomic E-state index is 6.23. The van der Waals surface area contributed by atoms with Gasteiger partial charge in [0, 0.05) is 37.9 Å². The number of anilines is 3. The molecule has 0 radical (unpaired) electrons.